The van der Waals surface area contributed by atoms with Gasteiger partial charge in [-0.15, -0.1) is 0 Å². The lowest BCUT2D eigenvalue weighted by atomic mass is 10.0. The molecular formula is C10H10FNO5. The summed E-state index contributed by atoms with van der Waals surface area (Å²) in [5.41, 5.74) is 4.21. The lowest BCUT2D eigenvalue weighted by Crippen LogP contribution is -2.24. The standard InChI is InChI=1S/C10H10FNO5/c1-17-10(16)7(12)6-5(11)3-2-4(8(6)13)9(14)15/h2-3,7,13H,12H2,1H3,(H,14,15)/t7-/m1/s1. The van der Waals surface area contributed by atoms with E-state index in [4.69, 9.17) is 10.8 Å². The van der Waals surface area contributed by atoms with Gasteiger partial charge in [-0.1, -0.05) is 0 Å². The van der Waals surface area contributed by atoms with Crippen molar-refractivity contribution in [3.63, 3.8) is 0 Å². The highest BCUT2D eigenvalue weighted by molar-refractivity contribution is 5.92. The molecule has 7 heteroatoms. The van der Waals surface area contributed by atoms with Crippen LogP contribution in [0.1, 0.15) is 22.0 Å². The maximum Gasteiger partial charge on any atom is 0.339 e. The van der Waals surface area contributed by atoms with Crippen molar-refractivity contribution >= 4 is 11.9 Å². The lowest BCUT2D eigenvalue weighted by Gasteiger charge is -2.13. The molecule has 1 atom stereocenters. The van der Waals surface area contributed by atoms with Crippen molar-refractivity contribution in [1.29, 1.82) is 0 Å². The summed E-state index contributed by atoms with van der Waals surface area (Å²) in [5, 5.41) is 18.3. The number of hydrogen-bond donors (Lipinski definition) is 3. The number of hydrogen-bond acceptors (Lipinski definition) is 5. The van der Waals surface area contributed by atoms with Crippen molar-refractivity contribution in [2.75, 3.05) is 7.11 Å². The zero-order valence-electron chi connectivity index (χ0n) is 8.81. The van der Waals surface area contributed by atoms with Gasteiger partial charge in [0.1, 0.15) is 23.2 Å². The summed E-state index contributed by atoms with van der Waals surface area (Å²) in [4.78, 5) is 21.8. The predicted molar refractivity (Wildman–Crippen MR) is 54.0 cm³/mol. The van der Waals surface area contributed by atoms with Gasteiger partial charge in [0, 0.05) is 0 Å². The number of carbonyl (C=O) groups is 2. The van der Waals surface area contributed by atoms with Crippen LogP contribution >= 0.6 is 0 Å². The average Bonchev–Trinajstić information content (AvgIpc) is 2.27. The van der Waals surface area contributed by atoms with Gasteiger partial charge in [-0.25, -0.2) is 9.18 Å². The minimum atomic E-state index is -1.58. The number of carbonyl (C=O) groups excluding carboxylic acids is 1. The van der Waals surface area contributed by atoms with Crippen molar-refractivity contribution in [3.8, 4) is 5.75 Å². The maximum atomic E-state index is 13.4. The highest BCUT2D eigenvalue weighted by Gasteiger charge is 2.27. The molecule has 0 heterocycles. The molecule has 4 N–H and O–H groups in total. The van der Waals surface area contributed by atoms with Gasteiger partial charge in [0.05, 0.1) is 12.7 Å². The number of ether oxygens (including phenoxy) is 1. The number of methoxy groups -OCH3 is 1. The number of aromatic hydroxyl groups is 1. The average molecular weight is 243 g/mol. The number of carboxylic acid groups (broad SMARTS) is 1. The van der Waals surface area contributed by atoms with E-state index in [0.717, 1.165) is 19.2 Å². The summed E-state index contributed by atoms with van der Waals surface area (Å²) in [6.07, 6.45) is 0. The molecule has 0 saturated carbocycles. The quantitative estimate of drug-likeness (QED) is 0.663. The van der Waals surface area contributed by atoms with Gasteiger partial charge in [-0.3, -0.25) is 4.79 Å². The van der Waals surface area contributed by atoms with E-state index in [2.05, 4.69) is 4.74 Å². The third kappa shape index (κ3) is 2.34. The molecule has 0 aliphatic rings. The normalized spacial score (nSPS) is 11.9. The van der Waals surface area contributed by atoms with Crippen molar-refractivity contribution in [3.05, 3.63) is 29.1 Å². The first kappa shape index (κ1) is 12.9. The molecule has 17 heavy (non-hydrogen) atoms. The molecular weight excluding hydrogens is 233 g/mol. The fourth-order valence-electron chi connectivity index (χ4n) is 1.30. The Morgan fingerprint density at radius 1 is 1.47 bits per heavy atom. The second kappa shape index (κ2) is 4.79. The smallest absolute Gasteiger partial charge is 0.339 e. The number of benzene rings is 1. The Hall–Kier alpha value is -2.15. The van der Waals surface area contributed by atoms with E-state index >= 15 is 0 Å². The molecule has 0 spiro atoms. The van der Waals surface area contributed by atoms with Crippen LogP contribution in [0.4, 0.5) is 4.39 Å². The van der Waals surface area contributed by atoms with Crippen molar-refractivity contribution in [2.45, 2.75) is 6.04 Å². The minimum Gasteiger partial charge on any atom is -0.507 e. The van der Waals surface area contributed by atoms with E-state index in [1.54, 1.807) is 0 Å². The van der Waals surface area contributed by atoms with Crippen LogP contribution in [-0.4, -0.2) is 29.3 Å². The van der Waals surface area contributed by atoms with Crippen molar-refractivity contribution in [1.82, 2.24) is 0 Å². The molecule has 1 aromatic rings. The topological polar surface area (TPSA) is 110 Å². The molecule has 92 valence electrons. The Morgan fingerprint density at radius 3 is 2.53 bits per heavy atom. The number of halogens is 1. The van der Waals surface area contributed by atoms with E-state index in [-0.39, 0.29) is 0 Å². The number of carboxylic acids is 1. The van der Waals surface area contributed by atoms with Gasteiger partial charge < -0.3 is 20.7 Å². The Balaban J connectivity index is 3.36. The molecule has 0 fully saturated rings. The Bertz CT molecular complexity index is 474. The largest absolute Gasteiger partial charge is 0.507 e. The Morgan fingerprint density at radius 2 is 2.06 bits per heavy atom. The van der Waals surface area contributed by atoms with Gasteiger partial charge in [0.25, 0.3) is 0 Å². The molecule has 6 nitrogen and oxygen atoms in total. The summed E-state index contributed by atoms with van der Waals surface area (Å²) in [6, 6.07) is 0.0984. The van der Waals surface area contributed by atoms with Crippen LogP contribution in [0, 0.1) is 5.82 Å². The molecule has 1 aromatic carbocycles. The monoisotopic (exact) mass is 243 g/mol. The van der Waals surface area contributed by atoms with Crippen LogP contribution in [0.15, 0.2) is 12.1 Å². The fraction of sp³-hybridized carbons (Fsp3) is 0.200. The van der Waals surface area contributed by atoms with Crippen LogP contribution in [0.2, 0.25) is 0 Å². The molecule has 0 amide bonds. The second-order valence-corrected chi connectivity index (χ2v) is 3.16. The maximum absolute atomic E-state index is 13.4. The van der Waals surface area contributed by atoms with Crippen LogP contribution in [0.25, 0.3) is 0 Å². The molecule has 0 saturated heterocycles. The number of nitrogens with two attached hydrogens (primary N) is 1. The minimum absolute atomic E-state index is 0.541. The Kier molecular flexibility index (Phi) is 3.64. The summed E-state index contributed by atoms with van der Waals surface area (Å²) in [7, 11) is 1.04. The van der Waals surface area contributed by atoms with Crippen molar-refractivity contribution in [2.24, 2.45) is 5.73 Å². The van der Waals surface area contributed by atoms with Crippen LogP contribution in [0.3, 0.4) is 0 Å². The molecule has 0 aromatic heterocycles. The first-order chi connectivity index (χ1) is 7.90. The Labute approximate surface area is 95.4 Å². The number of rotatable bonds is 3. The number of aromatic carboxylic acids is 1. The number of esters is 1. The van der Waals surface area contributed by atoms with Crippen molar-refractivity contribution < 1.29 is 28.9 Å². The van der Waals surface area contributed by atoms with Gasteiger partial charge in [-0.05, 0) is 12.1 Å². The van der Waals surface area contributed by atoms with Crippen LogP contribution in [-0.2, 0) is 9.53 Å². The van der Waals surface area contributed by atoms with E-state index in [9.17, 15) is 19.1 Å². The summed E-state index contributed by atoms with van der Waals surface area (Å²) in [6.45, 7) is 0. The highest BCUT2D eigenvalue weighted by Crippen LogP contribution is 2.30. The predicted octanol–water partition coefficient (Wildman–Crippen LogP) is 0.402. The van der Waals surface area contributed by atoms with E-state index in [0.29, 0.717) is 0 Å². The molecule has 0 bridgehead atoms. The van der Waals surface area contributed by atoms with E-state index in [1.165, 1.54) is 0 Å². The molecule has 1 rings (SSSR count). The summed E-state index contributed by atoms with van der Waals surface area (Å²) < 4.78 is 17.7. The van der Waals surface area contributed by atoms with Gasteiger partial charge in [-0.2, -0.15) is 0 Å². The van der Waals surface area contributed by atoms with E-state index < -0.39 is 40.7 Å². The third-order valence-corrected chi connectivity index (χ3v) is 2.16. The molecule has 0 unspecified atom stereocenters. The zero-order chi connectivity index (χ0) is 13.2. The first-order valence-corrected chi connectivity index (χ1v) is 4.48. The summed E-state index contributed by atoms with van der Waals surface area (Å²) in [5.74, 6) is -4.30. The molecule has 0 aliphatic heterocycles. The second-order valence-electron chi connectivity index (χ2n) is 3.16. The van der Waals surface area contributed by atoms with Gasteiger partial charge in [0.2, 0.25) is 0 Å². The lowest BCUT2D eigenvalue weighted by molar-refractivity contribution is -0.142. The third-order valence-electron chi connectivity index (χ3n) is 2.16. The zero-order valence-corrected chi connectivity index (χ0v) is 8.81. The van der Waals surface area contributed by atoms with Gasteiger partial charge >= 0.3 is 11.9 Å². The van der Waals surface area contributed by atoms with Gasteiger partial charge in [0.15, 0.2) is 0 Å². The SMILES string of the molecule is COC(=O)[C@H](N)c1c(F)ccc(C(=O)O)c1O. The first-order valence-electron chi connectivity index (χ1n) is 4.48. The fourth-order valence-corrected chi connectivity index (χ4v) is 1.30. The molecule has 0 radical (unpaired) electrons. The van der Waals surface area contributed by atoms with E-state index in [1.807, 2.05) is 0 Å². The highest BCUT2D eigenvalue weighted by atomic mass is 19.1. The molecule has 0 aliphatic carbocycles. The summed E-state index contributed by atoms with van der Waals surface area (Å²) >= 11 is 0. The number of phenols is 1. The van der Waals surface area contributed by atoms with Crippen LogP contribution in [0.5, 0.6) is 5.75 Å². The van der Waals surface area contributed by atoms with Crippen LogP contribution < -0.4 is 5.73 Å².